The Kier molecular flexibility index (Phi) is 3.71. The molecule has 0 atom stereocenters. The molecule has 98 valence electrons. The average Bonchev–Trinajstić information content (AvgIpc) is 2.38. The number of hydrogen-bond donors (Lipinski definition) is 1. The Labute approximate surface area is 114 Å². The zero-order valence-electron chi connectivity index (χ0n) is 9.98. The van der Waals surface area contributed by atoms with Gasteiger partial charge in [0.1, 0.15) is 0 Å². The van der Waals surface area contributed by atoms with Crippen LogP contribution in [0.1, 0.15) is 10.4 Å². The minimum atomic E-state index is -1.07. The molecule has 2 aromatic rings. The zero-order chi connectivity index (χ0) is 14.0. The molecule has 2 aromatic carbocycles. The maximum atomic E-state index is 13.4. The van der Waals surface area contributed by atoms with E-state index < -0.39 is 11.8 Å². The molecule has 3 nitrogen and oxygen atoms in total. The van der Waals surface area contributed by atoms with Crippen molar-refractivity contribution in [2.45, 2.75) is 0 Å². The molecule has 0 saturated heterocycles. The normalized spacial score (nSPS) is 10.3. The highest BCUT2D eigenvalue weighted by molar-refractivity contribution is 6.31. The molecule has 0 aliphatic heterocycles. The molecule has 0 aliphatic carbocycles. The quantitative estimate of drug-likeness (QED) is 0.929. The lowest BCUT2D eigenvalue weighted by Crippen LogP contribution is -1.99. The molecular formula is C14H10ClFO3. The average molecular weight is 281 g/mol. The molecule has 19 heavy (non-hydrogen) atoms. The first-order valence-electron chi connectivity index (χ1n) is 5.39. The summed E-state index contributed by atoms with van der Waals surface area (Å²) in [5, 5.41) is 9.56. The van der Waals surface area contributed by atoms with Crippen molar-refractivity contribution in [2.75, 3.05) is 7.11 Å². The fraction of sp³-hybridized carbons (Fsp3) is 0.0714. The Balaban J connectivity index is 2.64. The van der Waals surface area contributed by atoms with Crippen molar-refractivity contribution in [1.29, 1.82) is 0 Å². The molecule has 0 heterocycles. The summed E-state index contributed by atoms with van der Waals surface area (Å²) in [4.78, 5) is 11.2. The number of carboxylic acids is 1. The second kappa shape index (κ2) is 5.28. The standard InChI is InChI=1S/C14H10ClFO3/c1-19-13-6-8(2-5-12(13)16)11-7-9(15)3-4-10(11)14(17)18/h2-7H,1H3,(H,17,18). The molecular weight excluding hydrogens is 271 g/mol. The van der Waals surface area contributed by atoms with E-state index in [1.165, 1.54) is 43.5 Å². The maximum absolute atomic E-state index is 13.4. The number of halogens is 2. The van der Waals surface area contributed by atoms with Gasteiger partial charge < -0.3 is 9.84 Å². The van der Waals surface area contributed by atoms with Crippen LogP contribution in [0.2, 0.25) is 5.02 Å². The first-order valence-corrected chi connectivity index (χ1v) is 5.77. The van der Waals surface area contributed by atoms with Gasteiger partial charge in [-0.05, 0) is 41.5 Å². The van der Waals surface area contributed by atoms with Gasteiger partial charge in [0.15, 0.2) is 11.6 Å². The molecule has 5 heteroatoms. The van der Waals surface area contributed by atoms with E-state index in [0.29, 0.717) is 16.1 Å². The summed E-state index contributed by atoms with van der Waals surface area (Å²) in [6, 6.07) is 8.58. The fourth-order valence-corrected chi connectivity index (χ4v) is 1.94. The van der Waals surface area contributed by atoms with Crippen LogP contribution in [0, 0.1) is 5.82 Å². The van der Waals surface area contributed by atoms with E-state index >= 15 is 0 Å². The Morgan fingerprint density at radius 1 is 1.26 bits per heavy atom. The van der Waals surface area contributed by atoms with Gasteiger partial charge in [-0.3, -0.25) is 0 Å². The number of carbonyl (C=O) groups is 1. The Morgan fingerprint density at radius 3 is 2.63 bits per heavy atom. The van der Waals surface area contributed by atoms with Crippen LogP contribution in [0.5, 0.6) is 5.75 Å². The molecule has 0 bridgehead atoms. The van der Waals surface area contributed by atoms with E-state index in [4.69, 9.17) is 21.4 Å². The van der Waals surface area contributed by atoms with Gasteiger partial charge >= 0.3 is 5.97 Å². The predicted molar refractivity (Wildman–Crippen MR) is 70.4 cm³/mol. The van der Waals surface area contributed by atoms with Gasteiger partial charge in [0, 0.05) is 5.02 Å². The van der Waals surface area contributed by atoms with Gasteiger partial charge in [-0.2, -0.15) is 0 Å². The fourth-order valence-electron chi connectivity index (χ4n) is 1.77. The van der Waals surface area contributed by atoms with Crippen LogP contribution < -0.4 is 4.74 Å². The summed E-state index contributed by atoms with van der Waals surface area (Å²) >= 11 is 5.88. The minimum Gasteiger partial charge on any atom is -0.494 e. The summed E-state index contributed by atoms with van der Waals surface area (Å²) in [6.07, 6.45) is 0. The highest BCUT2D eigenvalue weighted by Crippen LogP contribution is 2.30. The van der Waals surface area contributed by atoms with Crippen molar-refractivity contribution in [2.24, 2.45) is 0 Å². The third kappa shape index (κ3) is 2.69. The Hall–Kier alpha value is -2.07. The van der Waals surface area contributed by atoms with Crippen LogP contribution in [-0.2, 0) is 0 Å². The molecule has 0 fully saturated rings. The van der Waals surface area contributed by atoms with Crippen molar-refractivity contribution in [1.82, 2.24) is 0 Å². The molecule has 0 saturated carbocycles. The van der Waals surface area contributed by atoms with Crippen molar-refractivity contribution < 1.29 is 19.0 Å². The number of ether oxygens (including phenoxy) is 1. The number of aromatic carboxylic acids is 1. The van der Waals surface area contributed by atoms with Crippen molar-refractivity contribution in [3.05, 3.63) is 52.8 Å². The van der Waals surface area contributed by atoms with E-state index in [1.54, 1.807) is 0 Å². The lowest BCUT2D eigenvalue weighted by atomic mass is 9.99. The van der Waals surface area contributed by atoms with E-state index in [2.05, 4.69) is 0 Å². The Morgan fingerprint density at radius 2 is 2.00 bits per heavy atom. The molecule has 0 aliphatic rings. The second-order valence-electron chi connectivity index (χ2n) is 3.84. The van der Waals surface area contributed by atoms with Gasteiger partial charge in [-0.15, -0.1) is 0 Å². The van der Waals surface area contributed by atoms with Crippen molar-refractivity contribution in [3.8, 4) is 16.9 Å². The van der Waals surface area contributed by atoms with Crippen LogP contribution in [-0.4, -0.2) is 18.2 Å². The summed E-state index contributed by atoms with van der Waals surface area (Å²) in [5.74, 6) is -1.53. The lowest BCUT2D eigenvalue weighted by molar-refractivity contribution is 0.0697. The van der Waals surface area contributed by atoms with Gasteiger partial charge in [0.25, 0.3) is 0 Å². The van der Waals surface area contributed by atoms with Crippen LogP contribution in [0.3, 0.4) is 0 Å². The van der Waals surface area contributed by atoms with Crippen LogP contribution in [0.15, 0.2) is 36.4 Å². The van der Waals surface area contributed by atoms with Crippen LogP contribution >= 0.6 is 11.6 Å². The largest absolute Gasteiger partial charge is 0.494 e. The first-order chi connectivity index (χ1) is 9.02. The van der Waals surface area contributed by atoms with Crippen molar-refractivity contribution >= 4 is 17.6 Å². The highest BCUT2D eigenvalue weighted by atomic mass is 35.5. The van der Waals surface area contributed by atoms with E-state index in [-0.39, 0.29) is 11.3 Å². The number of methoxy groups -OCH3 is 1. The lowest BCUT2D eigenvalue weighted by Gasteiger charge is -2.09. The van der Waals surface area contributed by atoms with Gasteiger partial charge in [0.05, 0.1) is 12.7 Å². The third-order valence-electron chi connectivity index (χ3n) is 2.67. The van der Waals surface area contributed by atoms with Crippen LogP contribution in [0.4, 0.5) is 4.39 Å². The van der Waals surface area contributed by atoms with E-state index in [0.717, 1.165) is 0 Å². The SMILES string of the molecule is COc1cc(-c2cc(Cl)ccc2C(=O)O)ccc1F. The van der Waals surface area contributed by atoms with E-state index in [1.807, 2.05) is 0 Å². The summed E-state index contributed by atoms with van der Waals surface area (Å²) in [5.41, 5.74) is 1.04. The molecule has 0 amide bonds. The molecule has 0 aromatic heterocycles. The third-order valence-corrected chi connectivity index (χ3v) is 2.91. The first kappa shape index (κ1) is 13.4. The second-order valence-corrected chi connectivity index (χ2v) is 4.28. The molecule has 0 radical (unpaired) electrons. The number of benzene rings is 2. The molecule has 1 N–H and O–H groups in total. The maximum Gasteiger partial charge on any atom is 0.336 e. The van der Waals surface area contributed by atoms with Gasteiger partial charge in [-0.25, -0.2) is 9.18 Å². The Bertz CT molecular complexity index is 641. The van der Waals surface area contributed by atoms with Crippen molar-refractivity contribution in [3.63, 3.8) is 0 Å². The summed E-state index contributed by atoms with van der Waals surface area (Å²) in [7, 11) is 1.35. The molecule has 0 spiro atoms. The number of carboxylic acid groups (broad SMARTS) is 1. The smallest absolute Gasteiger partial charge is 0.336 e. The monoisotopic (exact) mass is 280 g/mol. The van der Waals surface area contributed by atoms with E-state index in [9.17, 15) is 9.18 Å². The number of rotatable bonds is 3. The molecule has 0 unspecified atom stereocenters. The highest BCUT2D eigenvalue weighted by Gasteiger charge is 2.14. The van der Waals surface area contributed by atoms with Gasteiger partial charge in [0.2, 0.25) is 0 Å². The van der Waals surface area contributed by atoms with Crippen LogP contribution in [0.25, 0.3) is 11.1 Å². The summed E-state index contributed by atoms with van der Waals surface area (Å²) in [6.45, 7) is 0. The zero-order valence-corrected chi connectivity index (χ0v) is 10.7. The summed E-state index contributed by atoms with van der Waals surface area (Å²) < 4.78 is 18.2. The molecule has 2 rings (SSSR count). The van der Waals surface area contributed by atoms with Gasteiger partial charge in [-0.1, -0.05) is 17.7 Å². The number of hydrogen-bond acceptors (Lipinski definition) is 2. The minimum absolute atomic E-state index is 0.0498. The predicted octanol–water partition coefficient (Wildman–Crippen LogP) is 3.85. The topological polar surface area (TPSA) is 46.5 Å².